The smallest absolute Gasteiger partial charge is 0.297 e. The molecule has 3 atom stereocenters. The highest BCUT2D eigenvalue weighted by molar-refractivity contribution is 9.10. The van der Waals surface area contributed by atoms with Gasteiger partial charge in [-0.2, -0.15) is 8.42 Å². The Labute approximate surface area is 128 Å². The van der Waals surface area contributed by atoms with Crippen LogP contribution in [0.5, 0.6) is 0 Å². The Morgan fingerprint density at radius 1 is 1.20 bits per heavy atom. The summed E-state index contributed by atoms with van der Waals surface area (Å²) in [5.41, 5.74) is 0. The summed E-state index contributed by atoms with van der Waals surface area (Å²) in [6, 6.07) is 6.59. The van der Waals surface area contributed by atoms with E-state index in [9.17, 15) is 8.42 Å². The molecule has 0 aromatic heterocycles. The van der Waals surface area contributed by atoms with Gasteiger partial charge in [0, 0.05) is 23.5 Å². The Hall–Kier alpha value is -0.430. The minimum absolute atomic E-state index is 0.168. The molecule has 0 N–H and O–H groups in total. The van der Waals surface area contributed by atoms with Crippen LogP contribution in [0.2, 0.25) is 0 Å². The molecule has 6 heteroatoms. The van der Waals surface area contributed by atoms with Crippen LogP contribution in [-0.4, -0.2) is 39.6 Å². The average molecular weight is 360 g/mol. The SMILES string of the molecule is CN1CC2CCC(OS(=O)(=O)c3ccc(Br)cc3)C2C1. The Morgan fingerprint density at radius 2 is 1.90 bits per heavy atom. The van der Waals surface area contributed by atoms with Crippen molar-refractivity contribution in [2.45, 2.75) is 23.8 Å². The molecule has 0 amide bonds. The van der Waals surface area contributed by atoms with Crippen LogP contribution in [0.15, 0.2) is 33.6 Å². The summed E-state index contributed by atoms with van der Waals surface area (Å²) in [6.07, 6.45) is 1.74. The van der Waals surface area contributed by atoms with E-state index in [-0.39, 0.29) is 11.0 Å². The minimum atomic E-state index is -3.66. The number of halogens is 1. The molecule has 2 aliphatic rings. The molecular formula is C14H18BrNO3S. The van der Waals surface area contributed by atoms with E-state index in [1.807, 2.05) is 0 Å². The first kappa shape index (κ1) is 14.5. The Bertz CT molecular complexity index is 587. The molecule has 1 heterocycles. The molecule has 3 unspecified atom stereocenters. The Balaban J connectivity index is 1.75. The van der Waals surface area contributed by atoms with Crippen molar-refractivity contribution in [3.63, 3.8) is 0 Å². The Kier molecular flexibility index (Phi) is 3.92. The highest BCUT2D eigenvalue weighted by Gasteiger charge is 2.44. The summed E-state index contributed by atoms with van der Waals surface area (Å²) in [7, 11) is -1.57. The zero-order chi connectivity index (χ0) is 14.3. The van der Waals surface area contributed by atoms with Crippen molar-refractivity contribution in [2.24, 2.45) is 11.8 Å². The number of likely N-dealkylation sites (tertiary alicyclic amines) is 1. The molecule has 20 heavy (non-hydrogen) atoms. The van der Waals surface area contributed by atoms with Gasteiger partial charge >= 0.3 is 0 Å². The van der Waals surface area contributed by atoms with Crippen LogP contribution in [-0.2, 0) is 14.3 Å². The van der Waals surface area contributed by atoms with Gasteiger partial charge in [-0.3, -0.25) is 4.18 Å². The maximum Gasteiger partial charge on any atom is 0.297 e. The second-order valence-corrected chi connectivity index (χ2v) is 8.25. The predicted octanol–water partition coefficient (Wildman–Crippen LogP) is 2.49. The normalized spacial score (nSPS) is 30.6. The van der Waals surface area contributed by atoms with E-state index in [4.69, 9.17) is 4.18 Å². The fourth-order valence-corrected chi connectivity index (χ4v) is 4.79. The van der Waals surface area contributed by atoms with Gasteiger partial charge in [0.05, 0.1) is 11.0 Å². The molecule has 1 aliphatic heterocycles. The van der Waals surface area contributed by atoms with Crippen molar-refractivity contribution in [1.82, 2.24) is 4.90 Å². The summed E-state index contributed by atoms with van der Waals surface area (Å²) >= 11 is 3.30. The van der Waals surface area contributed by atoms with E-state index >= 15 is 0 Å². The molecule has 4 nitrogen and oxygen atoms in total. The van der Waals surface area contributed by atoms with Crippen molar-refractivity contribution >= 4 is 26.0 Å². The monoisotopic (exact) mass is 359 g/mol. The van der Waals surface area contributed by atoms with Crippen molar-refractivity contribution in [3.05, 3.63) is 28.7 Å². The number of fused-ring (bicyclic) bond motifs is 1. The van der Waals surface area contributed by atoms with Crippen LogP contribution in [0.4, 0.5) is 0 Å². The number of benzene rings is 1. The molecule has 1 saturated heterocycles. The lowest BCUT2D eigenvalue weighted by Gasteiger charge is -2.19. The molecule has 1 aliphatic carbocycles. The van der Waals surface area contributed by atoms with E-state index in [0.717, 1.165) is 30.4 Å². The lowest BCUT2D eigenvalue weighted by Crippen LogP contribution is -2.27. The molecule has 3 rings (SSSR count). The first-order valence-electron chi connectivity index (χ1n) is 6.83. The van der Waals surface area contributed by atoms with Gasteiger partial charge in [0.1, 0.15) is 0 Å². The highest BCUT2D eigenvalue weighted by atomic mass is 79.9. The minimum Gasteiger partial charge on any atom is -0.306 e. The van der Waals surface area contributed by atoms with Gasteiger partial charge in [-0.1, -0.05) is 15.9 Å². The topological polar surface area (TPSA) is 46.6 Å². The number of hydrogen-bond donors (Lipinski definition) is 0. The van der Waals surface area contributed by atoms with E-state index in [1.54, 1.807) is 24.3 Å². The van der Waals surface area contributed by atoms with E-state index < -0.39 is 10.1 Å². The molecule has 1 aromatic carbocycles. The maximum absolute atomic E-state index is 12.3. The number of rotatable bonds is 3. The molecule has 1 saturated carbocycles. The molecular weight excluding hydrogens is 342 g/mol. The molecule has 1 aromatic rings. The van der Waals surface area contributed by atoms with E-state index in [2.05, 4.69) is 27.9 Å². The standard InChI is InChI=1S/C14H18BrNO3S/c1-16-8-10-2-7-14(13(10)9-16)19-20(17,18)12-5-3-11(15)4-6-12/h3-6,10,13-14H,2,7-9H2,1H3. The first-order valence-corrected chi connectivity index (χ1v) is 9.03. The highest BCUT2D eigenvalue weighted by Crippen LogP contribution is 2.40. The van der Waals surface area contributed by atoms with Crippen molar-refractivity contribution in [1.29, 1.82) is 0 Å². The summed E-state index contributed by atoms with van der Waals surface area (Å²) in [6.45, 7) is 1.99. The quantitative estimate of drug-likeness (QED) is 0.777. The maximum atomic E-state index is 12.3. The second kappa shape index (κ2) is 5.40. The van der Waals surface area contributed by atoms with Crippen LogP contribution in [0, 0.1) is 11.8 Å². The summed E-state index contributed by atoms with van der Waals surface area (Å²) in [5, 5.41) is 0. The van der Waals surface area contributed by atoms with Crippen LogP contribution in [0.1, 0.15) is 12.8 Å². The zero-order valence-electron chi connectivity index (χ0n) is 11.3. The van der Waals surface area contributed by atoms with Gasteiger partial charge in [-0.05, 0) is 50.1 Å². The molecule has 0 radical (unpaired) electrons. The van der Waals surface area contributed by atoms with Gasteiger partial charge in [0.25, 0.3) is 10.1 Å². The summed E-state index contributed by atoms with van der Waals surface area (Å²) in [4.78, 5) is 2.49. The van der Waals surface area contributed by atoms with Crippen molar-refractivity contribution in [2.75, 3.05) is 20.1 Å². The van der Waals surface area contributed by atoms with Crippen LogP contribution >= 0.6 is 15.9 Å². The first-order chi connectivity index (χ1) is 9.45. The number of hydrogen-bond acceptors (Lipinski definition) is 4. The van der Waals surface area contributed by atoms with Gasteiger partial charge in [-0.25, -0.2) is 0 Å². The third-order valence-electron chi connectivity index (χ3n) is 4.33. The lowest BCUT2D eigenvalue weighted by molar-refractivity contribution is 0.158. The van der Waals surface area contributed by atoms with E-state index in [0.29, 0.717) is 11.8 Å². The van der Waals surface area contributed by atoms with Gasteiger partial charge in [0.15, 0.2) is 0 Å². The fraction of sp³-hybridized carbons (Fsp3) is 0.571. The second-order valence-electron chi connectivity index (χ2n) is 5.77. The average Bonchev–Trinajstić information content (AvgIpc) is 2.91. The molecule has 110 valence electrons. The van der Waals surface area contributed by atoms with Crippen LogP contribution in [0.25, 0.3) is 0 Å². The third kappa shape index (κ3) is 2.79. The van der Waals surface area contributed by atoms with Crippen LogP contribution < -0.4 is 0 Å². The third-order valence-corrected chi connectivity index (χ3v) is 6.21. The van der Waals surface area contributed by atoms with Gasteiger partial charge in [-0.15, -0.1) is 0 Å². The number of nitrogens with zero attached hydrogens (tertiary/aromatic N) is 1. The van der Waals surface area contributed by atoms with Crippen LogP contribution in [0.3, 0.4) is 0 Å². The summed E-state index contributed by atoms with van der Waals surface area (Å²) < 4.78 is 31.0. The molecule has 0 spiro atoms. The van der Waals surface area contributed by atoms with Gasteiger partial charge in [0.2, 0.25) is 0 Å². The summed E-state index contributed by atoms with van der Waals surface area (Å²) in [5.74, 6) is 0.940. The molecule has 2 fully saturated rings. The fourth-order valence-electron chi connectivity index (χ4n) is 3.38. The Morgan fingerprint density at radius 3 is 2.60 bits per heavy atom. The van der Waals surface area contributed by atoms with E-state index in [1.165, 1.54) is 0 Å². The largest absolute Gasteiger partial charge is 0.306 e. The van der Waals surface area contributed by atoms with Gasteiger partial charge < -0.3 is 4.90 Å². The lowest BCUT2D eigenvalue weighted by atomic mass is 10.00. The molecule has 0 bridgehead atoms. The predicted molar refractivity (Wildman–Crippen MR) is 79.9 cm³/mol. The van der Waals surface area contributed by atoms with Crippen molar-refractivity contribution < 1.29 is 12.6 Å². The van der Waals surface area contributed by atoms with Crippen molar-refractivity contribution in [3.8, 4) is 0 Å². The zero-order valence-corrected chi connectivity index (χ0v) is 13.7.